The van der Waals surface area contributed by atoms with Gasteiger partial charge in [0.05, 0.1) is 12.2 Å². The Kier molecular flexibility index (Phi) is 6.11. The summed E-state index contributed by atoms with van der Waals surface area (Å²) in [5.41, 5.74) is 0.441. The first-order valence-electron chi connectivity index (χ1n) is 9.38. The fourth-order valence-electron chi connectivity index (χ4n) is 3.10. The van der Waals surface area contributed by atoms with E-state index in [9.17, 15) is 9.59 Å². The van der Waals surface area contributed by atoms with E-state index < -0.39 is 0 Å². The van der Waals surface area contributed by atoms with E-state index in [0.717, 1.165) is 31.0 Å². The minimum Gasteiger partial charge on any atom is -0.462 e. The maximum atomic E-state index is 12.7. The molecule has 0 atom stereocenters. The standard InChI is InChI=1S/C20H25N3O4/c1-3-16-7-8-17(27-16)19(24)23-11-5-10-22(12-13-23)18-9-6-15(14-21-18)20(25)26-4-2/h6-9,14H,3-5,10-13H2,1-2H3. The number of rotatable bonds is 5. The van der Waals surface area contributed by atoms with Crippen LogP contribution in [-0.2, 0) is 11.2 Å². The Labute approximate surface area is 158 Å². The number of esters is 1. The largest absolute Gasteiger partial charge is 0.462 e. The molecule has 1 amide bonds. The third kappa shape index (κ3) is 4.48. The van der Waals surface area contributed by atoms with Gasteiger partial charge in [0.15, 0.2) is 5.76 Å². The van der Waals surface area contributed by atoms with Crippen LogP contribution >= 0.6 is 0 Å². The Morgan fingerprint density at radius 2 is 1.96 bits per heavy atom. The van der Waals surface area contributed by atoms with Crippen LogP contribution in [0.4, 0.5) is 5.82 Å². The highest BCUT2D eigenvalue weighted by atomic mass is 16.5. The summed E-state index contributed by atoms with van der Waals surface area (Å²) in [4.78, 5) is 32.7. The van der Waals surface area contributed by atoms with Gasteiger partial charge in [0.25, 0.3) is 5.91 Å². The zero-order chi connectivity index (χ0) is 19.2. The van der Waals surface area contributed by atoms with Crippen molar-refractivity contribution in [2.75, 3.05) is 37.7 Å². The highest BCUT2D eigenvalue weighted by Crippen LogP contribution is 2.17. The molecule has 0 aliphatic carbocycles. The summed E-state index contributed by atoms with van der Waals surface area (Å²) in [7, 11) is 0. The van der Waals surface area contributed by atoms with Gasteiger partial charge in [-0.2, -0.15) is 0 Å². The number of hydrogen-bond donors (Lipinski definition) is 0. The van der Waals surface area contributed by atoms with Gasteiger partial charge in [-0.25, -0.2) is 9.78 Å². The van der Waals surface area contributed by atoms with Crippen LogP contribution in [-0.4, -0.2) is 54.5 Å². The van der Waals surface area contributed by atoms with Gasteiger partial charge in [-0.15, -0.1) is 0 Å². The zero-order valence-corrected chi connectivity index (χ0v) is 15.8. The smallest absolute Gasteiger partial charge is 0.339 e. The second-order valence-electron chi connectivity index (χ2n) is 6.38. The summed E-state index contributed by atoms with van der Waals surface area (Å²) < 4.78 is 10.6. The highest BCUT2D eigenvalue weighted by Gasteiger charge is 2.23. The SMILES string of the molecule is CCOC(=O)c1ccc(N2CCCN(C(=O)c3ccc(CC)o3)CC2)nc1. The summed E-state index contributed by atoms with van der Waals surface area (Å²) in [6, 6.07) is 7.15. The van der Waals surface area contributed by atoms with Crippen LogP contribution in [0.3, 0.4) is 0 Å². The van der Waals surface area contributed by atoms with Crippen molar-refractivity contribution in [2.24, 2.45) is 0 Å². The van der Waals surface area contributed by atoms with Crippen molar-refractivity contribution in [2.45, 2.75) is 26.7 Å². The molecule has 1 aliphatic rings. The molecule has 3 heterocycles. The van der Waals surface area contributed by atoms with E-state index in [-0.39, 0.29) is 11.9 Å². The molecule has 7 nitrogen and oxygen atoms in total. The lowest BCUT2D eigenvalue weighted by molar-refractivity contribution is 0.0525. The van der Waals surface area contributed by atoms with Crippen LogP contribution < -0.4 is 4.90 Å². The lowest BCUT2D eigenvalue weighted by Crippen LogP contribution is -2.35. The van der Waals surface area contributed by atoms with Crippen molar-refractivity contribution in [3.8, 4) is 0 Å². The maximum Gasteiger partial charge on any atom is 0.339 e. The maximum absolute atomic E-state index is 12.7. The number of furan rings is 1. The number of amides is 1. The highest BCUT2D eigenvalue weighted by molar-refractivity contribution is 5.91. The summed E-state index contributed by atoms with van der Waals surface area (Å²) >= 11 is 0. The molecule has 0 aromatic carbocycles. The Morgan fingerprint density at radius 3 is 2.63 bits per heavy atom. The lowest BCUT2D eigenvalue weighted by atomic mass is 10.2. The fraction of sp³-hybridized carbons (Fsp3) is 0.450. The molecule has 27 heavy (non-hydrogen) atoms. The summed E-state index contributed by atoms with van der Waals surface area (Å²) in [5, 5.41) is 0. The third-order valence-electron chi connectivity index (χ3n) is 4.59. The lowest BCUT2D eigenvalue weighted by Gasteiger charge is -2.22. The second kappa shape index (κ2) is 8.70. The molecule has 0 bridgehead atoms. The van der Waals surface area contributed by atoms with Gasteiger partial charge in [0.2, 0.25) is 0 Å². The van der Waals surface area contributed by atoms with E-state index >= 15 is 0 Å². The molecule has 1 fully saturated rings. The number of hydrogen-bond acceptors (Lipinski definition) is 6. The van der Waals surface area contributed by atoms with Crippen molar-refractivity contribution in [1.29, 1.82) is 0 Å². The van der Waals surface area contributed by atoms with Crippen molar-refractivity contribution < 1.29 is 18.7 Å². The normalized spacial score (nSPS) is 14.7. The average Bonchev–Trinajstić information content (AvgIpc) is 3.04. The molecule has 1 saturated heterocycles. The number of nitrogens with zero attached hydrogens (tertiary/aromatic N) is 3. The van der Waals surface area contributed by atoms with E-state index in [1.807, 2.05) is 24.0 Å². The quantitative estimate of drug-likeness (QED) is 0.753. The number of aromatic nitrogens is 1. The number of ether oxygens (including phenoxy) is 1. The van der Waals surface area contributed by atoms with Gasteiger partial charge in [-0.05, 0) is 37.6 Å². The van der Waals surface area contributed by atoms with Crippen LogP contribution in [0, 0.1) is 0 Å². The minimum atomic E-state index is -0.367. The molecular weight excluding hydrogens is 346 g/mol. The molecule has 144 valence electrons. The second-order valence-corrected chi connectivity index (χ2v) is 6.38. The van der Waals surface area contributed by atoms with E-state index in [1.165, 1.54) is 6.20 Å². The van der Waals surface area contributed by atoms with Gasteiger partial charge in [-0.1, -0.05) is 6.92 Å². The minimum absolute atomic E-state index is 0.0674. The van der Waals surface area contributed by atoms with Crippen molar-refractivity contribution >= 4 is 17.7 Å². The van der Waals surface area contributed by atoms with Gasteiger partial charge >= 0.3 is 5.97 Å². The molecule has 1 aliphatic heterocycles. The van der Waals surface area contributed by atoms with Crippen molar-refractivity contribution in [3.63, 3.8) is 0 Å². The molecule has 3 rings (SSSR count). The van der Waals surface area contributed by atoms with Crippen LogP contribution in [0.25, 0.3) is 0 Å². The number of carbonyl (C=O) groups excluding carboxylic acids is 2. The molecule has 2 aromatic rings. The average molecular weight is 371 g/mol. The van der Waals surface area contributed by atoms with E-state index in [4.69, 9.17) is 9.15 Å². The first-order chi connectivity index (χ1) is 13.1. The predicted octanol–water partition coefficient (Wildman–Crippen LogP) is 2.77. The molecule has 2 aromatic heterocycles. The van der Waals surface area contributed by atoms with Crippen LogP contribution in [0.15, 0.2) is 34.9 Å². The van der Waals surface area contributed by atoms with Gasteiger partial charge in [0.1, 0.15) is 11.6 Å². The zero-order valence-electron chi connectivity index (χ0n) is 15.8. The topological polar surface area (TPSA) is 75.9 Å². The first kappa shape index (κ1) is 18.9. The van der Waals surface area contributed by atoms with Crippen molar-refractivity contribution in [3.05, 3.63) is 47.5 Å². The van der Waals surface area contributed by atoms with Crippen molar-refractivity contribution in [1.82, 2.24) is 9.88 Å². The number of anilines is 1. The monoisotopic (exact) mass is 371 g/mol. The van der Waals surface area contributed by atoms with Gasteiger partial charge in [0, 0.05) is 38.8 Å². The van der Waals surface area contributed by atoms with Gasteiger partial charge in [-0.3, -0.25) is 4.79 Å². The van der Waals surface area contributed by atoms with Crippen LogP contribution in [0.1, 0.15) is 46.9 Å². The third-order valence-corrected chi connectivity index (χ3v) is 4.59. The Morgan fingerprint density at radius 1 is 1.11 bits per heavy atom. The fourth-order valence-corrected chi connectivity index (χ4v) is 3.10. The van der Waals surface area contributed by atoms with Crippen LogP contribution in [0.2, 0.25) is 0 Å². The molecule has 0 N–H and O–H groups in total. The summed E-state index contributed by atoms with van der Waals surface area (Å²) in [5.74, 6) is 1.58. The molecular formula is C20H25N3O4. The molecule has 0 saturated carbocycles. The van der Waals surface area contributed by atoms with E-state index in [2.05, 4.69) is 9.88 Å². The number of carbonyl (C=O) groups is 2. The summed E-state index contributed by atoms with van der Waals surface area (Å²) in [6.45, 7) is 6.87. The Balaban J connectivity index is 1.62. The number of pyridine rings is 1. The first-order valence-corrected chi connectivity index (χ1v) is 9.38. The van der Waals surface area contributed by atoms with E-state index in [0.29, 0.717) is 37.6 Å². The van der Waals surface area contributed by atoms with E-state index in [1.54, 1.807) is 19.1 Å². The molecule has 0 spiro atoms. The van der Waals surface area contributed by atoms with Gasteiger partial charge < -0.3 is 19.0 Å². The number of aryl methyl sites for hydroxylation is 1. The predicted molar refractivity (Wildman–Crippen MR) is 101 cm³/mol. The molecule has 0 unspecified atom stereocenters. The molecule has 0 radical (unpaired) electrons. The summed E-state index contributed by atoms with van der Waals surface area (Å²) in [6.07, 6.45) is 3.15. The Hall–Kier alpha value is -2.83. The molecule has 7 heteroatoms. The Bertz CT molecular complexity index is 785. The van der Waals surface area contributed by atoms with Crippen LogP contribution in [0.5, 0.6) is 0 Å².